The van der Waals surface area contributed by atoms with Crippen molar-refractivity contribution in [3.8, 4) is 18.2 Å². The molecule has 0 aromatic carbocycles. The molecule has 6 heteroatoms. The van der Waals surface area contributed by atoms with E-state index in [1.165, 1.54) is 0 Å². The van der Waals surface area contributed by atoms with Crippen molar-refractivity contribution in [1.29, 1.82) is 0 Å². The number of terminal acetylenes is 1. The largest absolute Gasteiger partial charge is 0.472 e. The number of nitrogens with zero attached hydrogens (tertiary/aromatic N) is 3. The van der Waals surface area contributed by atoms with Crippen LogP contribution in [0.2, 0.25) is 0 Å². The molecule has 2 heterocycles. The number of guanidine groups is 1. The number of nitrogens with one attached hydrogen (secondary N) is 1. The summed E-state index contributed by atoms with van der Waals surface area (Å²) in [6.07, 6.45) is 8.79. The van der Waals surface area contributed by atoms with E-state index in [0.717, 1.165) is 32.0 Å². The highest BCUT2D eigenvalue weighted by atomic mass is 127. The van der Waals surface area contributed by atoms with E-state index in [1.54, 1.807) is 6.20 Å². The van der Waals surface area contributed by atoms with Gasteiger partial charge in [-0.05, 0) is 13.0 Å². The molecule has 1 aliphatic rings. The lowest BCUT2D eigenvalue weighted by Crippen LogP contribution is -2.41. The van der Waals surface area contributed by atoms with Gasteiger partial charge in [0.2, 0.25) is 5.88 Å². The Morgan fingerprint density at radius 1 is 1.59 bits per heavy atom. The number of halogens is 1. The molecular formula is C16H23IN4O. The van der Waals surface area contributed by atoms with E-state index in [9.17, 15) is 0 Å². The lowest BCUT2D eigenvalue weighted by molar-refractivity contribution is 0.205. The van der Waals surface area contributed by atoms with Crippen LogP contribution < -0.4 is 10.1 Å². The Kier molecular flexibility index (Phi) is 8.67. The number of likely N-dealkylation sites (tertiary alicyclic amines) is 1. The van der Waals surface area contributed by atoms with E-state index in [-0.39, 0.29) is 30.1 Å². The zero-order chi connectivity index (χ0) is 14.9. The molecule has 1 aromatic heterocycles. The Hall–Kier alpha value is -1.49. The summed E-state index contributed by atoms with van der Waals surface area (Å²) in [7, 11) is 0. The van der Waals surface area contributed by atoms with Crippen LogP contribution in [0, 0.1) is 12.3 Å². The van der Waals surface area contributed by atoms with Gasteiger partial charge >= 0.3 is 0 Å². The fourth-order valence-electron chi connectivity index (χ4n) is 2.26. The Morgan fingerprint density at radius 2 is 2.45 bits per heavy atom. The van der Waals surface area contributed by atoms with Crippen LogP contribution in [0.4, 0.5) is 0 Å². The van der Waals surface area contributed by atoms with Gasteiger partial charge in [0.05, 0.1) is 13.1 Å². The van der Waals surface area contributed by atoms with E-state index in [1.807, 2.05) is 18.2 Å². The zero-order valence-electron chi connectivity index (χ0n) is 12.9. The first-order valence-corrected chi connectivity index (χ1v) is 7.38. The topological polar surface area (TPSA) is 49.8 Å². The highest BCUT2D eigenvalue weighted by molar-refractivity contribution is 14.0. The molecule has 0 bridgehead atoms. The number of aromatic nitrogens is 1. The number of aliphatic imine (C=N–C) groups is 1. The first-order chi connectivity index (χ1) is 10.3. The molecule has 22 heavy (non-hydrogen) atoms. The molecule has 1 aliphatic heterocycles. The van der Waals surface area contributed by atoms with Crippen molar-refractivity contribution in [2.45, 2.75) is 25.9 Å². The molecule has 5 nitrogen and oxygen atoms in total. The van der Waals surface area contributed by atoms with E-state index in [2.05, 4.69) is 33.0 Å². The van der Waals surface area contributed by atoms with Gasteiger partial charge in [-0.3, -0.25) is 4.99 Å². The first kappa shape index (κ1) is 18.6. The predicted molar refractivity (Wildman–Crippen MR) is 99.7 cm³/mol. The monoisotopic (exact) mass is 414 g/mol. The minimum absolute atomic E-state index is 0. The van der Waals surface area contributed by atoms with Crippen molar-refractivity contribution in [2.24, 2.45) is 4.99 Å². The smallest absolute Gasteiger partial charge is 0.213 e. The number of pyridine rings is 1. The van der Waals surface area contributed by atoms with Crippen LogP contribution in [-0.4, -0.2) is 48.1 Å². The molecule has 0 amide bonds. The van der Waals surface area contributed by atoms with Gasteiger partial charge in [-0.1, -0.05) is 6.07 Å². The maximum atomic E-state index is 5.89. The third-order valence-corrected chi connectivity index (χ3v) is 3.22. The maximum Gasteiger partial charge on any atom is 0.213 e. The minimum Gasteiger partial charge on any atom is -0.472 e. The summed E-state index contributed by atoms with van der Waals surface area (Å²) in [5, 5.41) is 3.30. The first-order valence-electron chi connectivity index (χ1n) is 7.38. The van der Waals surface area contributed by atoms with Crippen LogP contribution in [0.15, 0.2) is 29.4 Å². The fraction of sp³-hybridized carbons (Fsp3) is 0.500. The van der Waals surface area contributed by atoms with Crippen LogP contribution in [0.25, 0.3) is 0 Å². The van der Waals surface area contributed by atoms with Gasteiger partial charge in [0.25, 0.3) is 0 Å². The standard InChI is InChI=1S/C16H22N4O.HI/c1-3-5-10-19-16(17-4-2)20-12-9-14(13-20)21-15-8-6-7-11-18-15;/h1,6-8,11,14H,4-5,9-10,12-13H2,2H3,(H,17,19);1H. The molecule has 0 radical (unpaired) electrons. The SMILES string of the molecule is C#CCCN=C(NCC)N1CCC(Oc2ccccn2)C1.I. The van der Waals surface area contributed by atoms with Crippen molar-refractivity contribution in [3.05, 3.63) is 24.4 Å². The van der Waals surface area contributed by atoms with E-state index in [4.69, 9.17) is 11.2 Å². The van der Waals surface area contributed by atoms with Crippen molar-refractivity contribution < 1.29 is 4.74 Å². The van der Waals surface area contributed by atoms with Gasteiger partial charge in [0, 0.05) is 38.2 Å². The third-order valence-electron chi connectivity index (χ3n) is 3.22. The van der Waals surface area contributed by atoms with Gasteiger partial charge in [-0.2, -0.15) is 0 Å². The molecule has 120 valence electrons. The Morgan fingerprint density at radius 3 is 3.14 bits per heavy atom. The lowest BCUT2D eigenvalue weighted by atomic mass is 10.3. The molecule has 1 atom stereocenters. The third kappa shape index (κ3) is 5.72. The number of hydrogen-bond donors (Lipinski definition) is 1. The lowest BCUT2D eigenvalue weighted by Gasteiger charge is -2.21. The van der Waals surface area contributed by atoms with Crippen LogP contribution in [0.3, 0.4) is 0 Å². The Labute approximate surface area is 149 Å². The molecule has 1 aromatic rings. The van der Waals surface area contributed by atoms with Crippen molar-refractivity contribution in [1.82, 2.24) is 15.2 Å². The van der Waals surface area contributed by atoms with E-state index >= 15 is 0 Å². The Balaban J connectivity index is 0.00000242. The molecule has 1 N–H and O–H groups in total. The van der Waals surface area contributed by atoms with Crippen molar-refractivity contribution in [2.75, 3.05) is 26.2 Å². The van der Waals surface area contributed by atoms with E-state index < -0.39 is 0 Å². The summed E-state index contributed by atoms with van der Waals surface area (Å²) in [4.78, 5) is 11.0. The van der Waals surface area contributed by atoms with Crippen molar-refractivity contribution >= 4 is 29.9 Å². The van der Waals surface area contributed by atoms with Crippen molar-refractivity contribution in [3.63, 3.8) is 0 Å². The summed E-state index contributed by atoms with van der Waals surface area (Å²) in [6.45, 7) is 5.31. The number of rotatable bonds is 5. The molecule has 2 rings (SSSR count). The van der Waals surface area contributed by atoms with Crippen LogP contribution in [0.5, 0.6) is 5.88 Å². The molecular weight excluding hydrogens is 391 g/mol. The second kappa shape index (κ2) is 10.3. The fourth-order valence-corrected chi connectivity index (χ4v) is 2.26. The molecule has 0 spiro atoms. The summed E-state index contributed by atoms with van der Waals surface area (Å²) in [5.74, 6) is 4.21. The summed E-state index contributed by atoms with van der Waals surface area (Å²) in [6, 6.07) is 5.70. The van der Waals surface area contributed by atoms with Gasteiger partial charge in [0.15, 0.2) is 5.96 Å². The Bertz CT molecular complexity index is 501. The van der Waals surface area contributed by atoms with E-state index in [0.29, 0.717) is 18.8 Å². The predicted octanol–water partition coefficient (Wildman–Crippen LogP) is 2.14. The molecule has 1 unspecified atom stereocenters. The number of ether oxygens (including phenoxy) is 1. The summed E-state index contributed by atoms with van der Waals surface area (Å²) < 4.78 is 5.89. The molecule has 0 aliphatic carbocycles. The summed E-state index contributed by atoms with van der Waals surface area (Å²) in [5.41, 5.74) is 0. The maximum absolute atomic E-state index is 5.89. The van der Waals surface area contributed by atoms with Crippen LogP contribution in [0.1, 0.15) is 19.8 Å². The second-order valence-electron chi connectivity index (χ2n) is 4.83. The van der Waals surface area contributed by atoms with Crippen LogP contribution in [-0.2, 0) is 0 Å². The average Bonchev–Trinajstić information content (AvgIpc) is 2.96. The summed E-state index contributed by atoms with van der Waals surface area (Å²) >= 11 is 0. The van der Waals surface area contributed by atoms with Gasteiger partial charge in [-0.25, -0.2) is 4.98 Å². The minimum atomic E-state index is 0. The number of hydrogen-bond acceptors (Lipinski definition) is 3. The normalized spacial score (nSPS) is 17.5. The second-order valence-corrected chi connectivity index (χ2v) is 4.83. The highest BCUT2D eigenvalue weighted by Crippen LogP contribution is 2.16. The highest BCUT2D eigenvalue weighted by Gasteiger charge is 2.26. The molecule has 1 fully saturated rings. The van der Waals surface area contributed by atoms with Gasteiger partial charge < -0.3 is 15.0 Å². The van der Waals surface area contributed by atoms with Gasteiger partial charge in [-0.15, -0.1) is 36.3 Å². The quantitative estimate of drug-likeness (QED) is 0.264. The average molecular weight is 414 g/mol. The van der Waals surface area contributed by atoms with Crippen LogP contribution >= 0.6 is 24.0 Å². The zero-order valence-corrected chi connectivity index (χ0v) is 15.2. The van der Waals surface area contributed by atoms with Gasteiger partial charge in [0.1, 0.15) is 6.10 Å². The molecule has 1 saturated heterocycles. The molecule has 0 saturated carbocycles.